The molecule has 0 spiro atoms. The van der Waals surface area contributed by atoms with Gasteiger partial charge in [-0.15, -0.1) is 0 Å². The predicted molar refractivity (Wildman–Crippen MR) is 80.3 cm³/mol. The smallest absolute Gasteiger partial charge is 0.258 e. The van der Waals surface area contributed by atoms with Crippen molar-refractivity contribution in [1.82, 2.24) is 0 Å². The number of nitrogens with zero attached hydrogens (tertiary/aromatic N) is 4. The maximum Gasteiger partial charge on any atom is 0.269 e. The first-order valence-corrected chi connectivity index (χ1v) is 7.85. The number of nitro groups is 1. The maximum atomic E-state index is 10.8. The molecule has 112 valence electrons. The van der Waals surface area contributed by atoms with Gasteiger partial charge in [-0.1, -0.05) is 17.4 Å². The molecule has 6 heteroatoms. The molecule has 0 unspecified atom stereocenters. The number of benzene rings is 1. The van der Waals surface area contributed by atoms with E-state index < -0.39 is 0 Å². The van der Waals surface area contributed by atoms with E-state index in [2.05, 4.69) is 22.5 Å². The Morgan fingerprint density at radius 3 is 2.77 bits per heavy atom. The van der Waals surface area contributed by atoms with Gasteiger partial charge in [0.1, 0.15) is 0 Å². The zero-order chi connectivity index (χ0) is 14.8. The Labute approximate surface area is 127 Å². The molecule has 2 fully saturated rings. The van der Waals surface area contributed by atoms with Gasteiger partial charge in [0, 0.05) is 12.1 Å². The average molecular weight is 296 g/mol. The van der Waals surface area contributed by atoms with Crippen LogP contribution < -0.4 is 5.01 Å². The molecule has 4 aliphatic rings. The van der Waals surface area contributed by atoms with Gasteiger partial charge < -0.3 is 0 Å². The molecule has 3 aliphatic carbocycles. The Hall–Kier alpha value is -2.24. The number of rotatable bonds is 2. The van der Waals surface area contributed by atoms with Gasteiger partial charge in [0.25, 0.3) is 5.69 Å². The topological polar surface area (TPSA) is 71.1 Å². The van der Waals surface area contributed by atoms with Crippen molar-refractivity contribution < 1.29 is 4.92 Å². The van der Waals surface area contributed by atoms with E-state index in [0.29, 0.717) is 29.8 Å². The van der Waals surface area contributed by atoms with Crippen molar-refractivity contribution >= 4 is 11.4 Å². The first-order valence-electron chi connectivity index (χ1n) is 7.85. The summed E-state index contributed by atoms with van der Waals surface area (Å²) in [5, 5.41) is 21.7. The second kappa shape index (κ2) is 4.15. The highest BCUT2D eigenvalue weighted by molar-refractivity contribution is 5.52. The maximum absolute atomic E-state index is 10.8. The molecule has 0 amide bonds. The van der Waals surface area contributed by atoms with Crippen molar-refractivity contribution in [3.63, 3.8) is 0 Å². The lowest BCUT2D eigenvalue weighted by atomic mass is 9.76. The summed E-state index contributed by atoms with van der Waals surface area (Å²) >= 11 is 0. The summed E-state index contributed by atoms with van der Waals surface area (Å²) in [5.41, 5.74) is 1.03. The van der Waals surface area contributed by atoms with Crippen molar-refractivity contribution in [2.45, 2.75) is 24.9 Å². The van der Waals surface area contributed by atoms with E-state index in [1.54, 1.807) is 24.3 Å². The van der Waals surface area contributed by atoms with E-state index in [0.717, 1.165) is 11.6 Å². The summed E-state index contributed by atoms with van der Waals surface area (Å²) in [5.74, 6) is 2.71. The monoisotopic (exact) mass is 296 g/mol. The molecule has 22 heavy (non-hydrogen) atoms. The van der Waals surface area contributed by atoms with Gasteiger partial charge in [-0.3, -0.25) is 10.1 Å². The molecule has 0 saturated heterocycles. The predicted octanol–water partition coefficient (Wildman–Crippen LogP) is 3.36. The number of fused-ring (bicyclic) bond motifs is 8. The Bertz CT molecular complexity index is 699. The summed E-state index contributed by atoms with van der Waals surface area (Å²) in [4.78, 5) is 10.4. The van der Waals surface area contributed by atoms with Gasteiger partial charge in [0.15, 0.2) is 0 Å². The summed E-state index contributed by atoms with van der Waals surface area (Å²) in [6, 6.07) is 7.31. The lowest BCUT2D eigenvalue weighted by molar-refractivity contribution is -0.384. The zero-order valence-corrected chi connectivity index (χ0v) is 11.9. The zero-order valence-electron chi connectivity index (χ0n) is 11.9. The van der Waals surface area contributed by atoms with Crippen LogP contribution in [0.25, 0.3) is 0 Å². The van der Waals surface area contributed by atoms with Crippen molar-refractivity contribution in [1.29, 1.82) is 0 Å². The number of allylic oxidation sites excluding steroid dienone is 2. The molecule has 6 atom stereocenters. The highest BCUT2D eigenvalue weighted by Crippen LogP contribution is 2.60. The van der Waals surface area contributed by atoms with Crippen LogP contribution in [0, 0.1) is 33.8 Å². The standard InChI is InChI=1S/C16H16N4O2/c21-20(22)10-6-4-9(5-7-10)19-16-14-8-13(15(16)17-18-19)11-2-1-3-12(11)14/h1-2,4-7,11-16H,3,8H2/t11-,12-,13+,14-,15-,16-/m0/s1. The lowest BCUT2D eigenvalue weighted by Crippen LogP contribution is -2.44. The molecular weight excluding hydrogens is 280 g/mol. The minimum atomic E-state index is -0.371. The fraction of sp³-hybridized carbons (Fsp3) is 0.500. The van der Waals surface area contributed by atoms with Crippen LogP contribution >= 0.6 is 0 Å². The summed E-state index contributed by atoms with van der Waals surface area (Å²) in [6.45, 7) is 0. The van der Waals surface area contributed by atoms with Gasteiger partial charge in [0.2, 0.25) is 0 Å². The van der Waals surface area contributed by atoms with E-state index >= 15 is 0 Å². The van der Waals surface area contributed by atoms with Gasteiger partial charge >= 0.3 is 0 Å². The highest BCUT2D eigenvalue weighted by Gasteiger charge is 2.61. The Morgan fingerprint density at radius 2 is 2.00 bits per heavy atom. The third-order valence-electron chi connectivity index (χ3n) is 5.97. The van der Waals surface area contributed by atoms with Crippen LogP contribution in [0.3, 0.4) is 0 Å². The van der Waals surface area contributed by atoms with Crippen molar-refractivity contribution in [3.05, 3.63) is 46.5 Å². The quantitative estimate of drug-likeness (QED) is 0.477. The molecule has 1 heterocycles. The number of non-ortho nitro benzene ring substituents is 1. The number of anilines is 1. The Morgan fingerprint density at radius 1 is 1.18 bits per heavy atom. The molecular formula is C16H16N4O2. The van der Waals surface area contributed by atoms with Gasteiger partial charge in [0.05, 0.1) is 22.7 Å². The molecule has 1 aromatic carbocycles. The summed E-state index contributed by atoms with van der Waals surface area (Å²) in [7, 11) is 0. The van der Waals surface area contributed by atoms with Crippen LogP contribution in [0.15, 0.2) is 46.8 Å². The summed E-state index contributed by atoms with van der Waals surface area (Å²) < 4.78 is 0. The van der Waals surface area contributed by atoms with Gasteiger partial charge in [-0.2, -0.15) is 5.11 Å². The largest absolute Gasteiger partial charge is 0.269 e. The first kappa shape index (κ1) is 12.3. The molecule has 2 saturated carbocycles. The third kappa shape index (κ3) is 1.44. The van der Waals surface area contributed by atoms with E-state index in [1.807, 2.05) is 5.01 Å². The van der Waals surface area contributed by atoms with Crippen LogP contribution in [0.4, 0.5) is 11.4 Å². The average Bonchev–Trinajstić information content (AvgIpc) is 3.25. The van der Waals surface area contributed by atoms with Crippen molar-refractivity contribution in [2.75, 3.05) is 5.01 Å². The molecule has 1 aromatic rings. The van der Waals surface area contributed by atoms with Crippen LogP contribution in [0.1, 0.15) is 12.8 Å². The van der Waals surface area contributed by atoms with E-state index in [-0.39, 0.29) is 10.6 Å². The third-order valence-corrected chi connectivity index (χ3v) is 5.97. The molecule has 1 aliphatic heterocycles. The fourth-order valence-corrected chi connectivity index (χ4v) is 5.13. The molecule has 0 N–H and O–H groups in total. The SMILES string of the molecule is O=[N+]([O-])c1ccc(N2N=N[C@H]3[C@@H]4C[C@@H]([C@H]5CC=C[C@H]45)[C@@H]32)cc1. The fourth-order valence-electron chi connectivity index (χ4n) is 5.13. The summed E-state index contributed by atoms with van der Waals surface area (Å²) in [6.07, 6.45) is 7.14. The minimum Gasteiger partial charge on any atom is -0.258 e. The van der Waals surface area contributed by atoms with Crippen LogP contribution in [-0.2, 0) is 0 Å². The highest BCUT2D eigenvalue weighted by atomic mass is 16.6. The van der Waals surface area contributed by atoms with E-state index in [4.69, 9.17) is 0 Å². The normalized spacial score (nSPS) is 40.3. The van der Waals surface area contributed by atoms with E-state index in [9.17, 15) is 10.1 Å². The van der Waals surface area contributed by atoms with Crippen LogP contribution in [0.5, 0.6) is 0 Å². The van der Waals surface area contributed by atoms with Gasteiger partial charge in [-0.05, 0) is 48.6 Å². The lowest BCUT2D eigenvalue weighted by Gasteiger charge is -2.35. The van der Waals surface area contributed by atoms with Crippen LogP contribution in [-0.4, -0.2) is 17.0 Å². The van der Waals surface area contributed by atoms with Crippen molar-refractivity contribution in [2.24, 2.45) is 34.0 Å². The minimum absolute atomic E-state index is 0.115. The molecule has 2 bridgehead atoms. The molecule has 0 aromatic heterocycles. The Kier molecular flexibility index (Phi) is 2.32. The number of hydrogen-bond donors (Lipinski definition) is 0. The second-order valence-electron chi connectivity index (χ2n) is 6.77. The van der Waals surface area contributed by atoms with Crippen molar-refractivity contribution in [3.8, 4) is 0 Å². The molecule has 0 radical (unpaired) electrons. The first-order chi connectivity index (χ1) is 10.7. The van der Waals surface area contributed by atoms with Gasteiger partial charge in [-0.25, -0.2) is 5.01 Å². The van der Waals surface area contributed by atoms with Crippen LogP contribution in [0.2, 0.25) is 0 Å². The number of nitro benzene ring substituents is 1. The number of hydrogen-bond acceptors (Lipinski definition) is 5. The second-order valence-corrected chi connectivity index (χ2v) is 6.77. The molecule has 6 nitrogen and oxygen atoms in total. The Balaban J connectivity index is 1.46. The van der Waals surface area contributed by atoms with E-state index in [1.165, 1.54) is 12.8 Å². The molecule has 5 rings (SSSR count).